The summed E-state index contributed by atoms with van der Waals surface area (Å²) < 4.78 is 39.6. The highest BCUT2D eigenvalue weighted by molar-refractivity contribution is 14.1. The summed E-state index contributed by atoms with van der Waals surface area (Å²) in [6.45, 7) is 6.68. The Labute approximate surface area is 381 Å². The van der Waals surface area contributed by atoms with E-state index in [0.717, 1.165) is 95.1 Å². The van der Waals surface area contributed by atoms with Gasteiger partial charge in [0.25, 0.3) is 11.8 Å². The van der Waals surface area contributed by atoms with Gasteiger partial charge in [0.15, 0.2) is 34.5 Å². The fraction of sp³-hybridized carbons (Fsp3) is 0.422. The first-order valence-corrected chi connectivity index (χ1v) is 22.0. The normalized spacial score (nSPS) is 13.4. The number of carbonyl (C=O) groups excluding carboxylic acids is 2. The maximum Gasteiger partial charge on any atom is 0.255 e. The molecule has 2 aliphatic heterocycles. The van der Waals surface area contributed by atoms with E-state index >= 15 is 0 Å². The summed E-state index contributed by atoms with van der Waals surface area (Å²) in [6, 6.07) is 17.5. The molecule has 0 aromatic heterocycles. The number of unbranched alkanes of at least 4 members (excludes halogenated alkanes) is 1. The number of nitrogens with one attached hydrogen (secondary N) is 2. The van der Waals surface area contributed by atoms with E-state index in [0.29, 0.717) is 41.5 Å². The number of amides is 2. The van der Waals surface area contributed by atoms with E-state index in [1.807, 2.05) is 30.3 Å². The van der Waals surface area contributed by atoms with Gasteiger partial charge in [-0.05, 0) is 154 Å². The summed E-state index contributed by atoms with van der Waals surface area (Å²) >= 11 is 4.36. The largest absolute Gasteiger partial charge is 0.496 e. The van der Waals surface area contributed by atoms with E-state index in [-0.39, 0.29) is 11.8 Å². The molecule has 324 valence electrons. The minimum absolute atomic E-state index is 0.112. The average molecular weight is 1050 g/mol. The van der Waals surface area contributed by atoms with E-state index in [2.05, 4.69) is 89.9 Å². The fourth-order valence-corrected chi connectivity index (χ4v) is 8.49. The third kappa shape index (κ3) is 12.2. The SMILES string of the molecule is COc1cc2c(cc1OC)CN(CCCCNC(=O)c1cc(I)cc(OC)c1OC)CC2.COc1cc2c(cc1OC)CN(CCNC(=O)c1cc(I)ccc1OC)CC2. The summed E-state index contributed by atoms with van der Waals surface area (Å²) in [5.74, 6) is 4.44. The lowest BCUT2D eigenvalue weighted by molar-refractivity contribution is 0.0937. The number of hydrogen-bond acceptors (Lipinski definition) is 11. The van der Waals surface area contributed by atoms with Gasteiger partial charge in [-0.3, -0.25) is 19.4 Å². The Morgan fingerprint density at radius 3 is 1.53 bits per heavy atom. The number of methoxy groups -OCH3 is 7. The molecule has 0 unspecified atom stereocenters. The first kappa shape index (κ1) is 46.9. The summed E-state index contributed by atoms with van der Waals surface area (Å²) in [7, 11) is 11.3. The van der Waals surface area contributed by atoms with Gasteiger partial charge in [0.1, 0.15) is 5.75 Å². The molecule has 2 aliphatic rings. The van der Waals surface area contributed by atoms with Crippen LogP contribution in [0.15, 0.2) is 54.6 Å². The molecule has 4 aromatic rings. The van der Waals surface area contributed by atoms with E-state index in [1.54, 1.807) is 49.8 Å². The van der Waals surface area contributed by atoms with Crippen LogP contribution in [0.5, 0.6) is 40.2 Å². The molecule has 0 aliphatic carbocycles. The highest BCUT2D eigenvalue weighted by atomic mass is 127. The monoisotopic (exact) mass is 1050 g/mol. The van der Waals surface area contributed by atoms with Crippen molar-refractivity contribution < 1.29 is 42.7 Å². The third-order valence-electron chi connectivity index (χ3n) is 10.6. The Hall–Kier alpha value is -4.20. The van der Waals surface area contributed by atoms with Crippen LogP contribution in [0.3, 0.4) is 0 Å². The zero-order chi connectivity index (χ0) is 43.2. The zero-order valence-corrected chi connectivity index (χ0v) is 39.8. The van der Waals surface area contributed by atoms with Crippen LogP contribution in [-0.4, -0.2) is 111 Å². The maximum atomic E-state index is 12.7. The van der Waals surface area contributed by atoms with Crippen molar-refractivity contribution in [2.45, 2.75) is 38.8 Å². The fourth-order valence-electron chi connectivity index (χ4n) is 7.40. The standard InChI is InChI=1S/C24H31IN2O5.C21H25IN2O4/c1-29-20-11-16-7-10-27(15-17(16)12-21(20)30-2)9-6-5-8-26-24(28)19-13-18(25)14-22(31-3)23(19)32-4;1-26-18-5-4-16(22)12-17(18)21(25)23-7-9-24-8-6-14-10-19(27-2)20(28-3)11-15(14)13-24/h11-14H,5-10,15H2,1-4H3,(H,26,28);4-5,10-12H,6-9,13H2,1-3H3,(H,23,25). The van der Waals surface area contributed by atoms with Gasteiger partial charge in [-0.25, -0.2) is 0 Å². The van der Waals surface area contributed by atoms with Crippen molar-refractivity contribution in [3.63, 3.8) is 0 Å². The number of hydrogen-bond donors (Lipinski definition) is 2. The first-order valence-electron chi connectivity index (χ1n) is 19.8. The number of nitrogens with zero attached hydrogens (tertiary/aromatic N) is 2. The smallest absolute Gasteiger partial charge is 0.255 e. The second kappa shape index (κ2) is 23.1. The van der Waals surface area contributed by atoms with Crippen LogP contribution in [0.4, 0.5) is 0 Å². The number of fused-ring (bicyclic) bond motifs is 2. The highest BCUT2D eigenvalue weighted by Crippen LogP contribution is 2.35. The Morgan fingerprint density at radius 2 is 1.00 bits per heavy atom. The molecule has 6 rings (SSSR count). The number of halogens is 2. The zero-order valence-electron chi connectivity index (χ0n) is 35.5. The summed E-state index contributed by atoms with van der Waals surface area (Å²) in [5.41, 5.74) is 6.22. The Bertz CT molecular complexity index is 2100. The molecule has 0 saturated heterocycles. The quantitative estimate of drug-likeness (QED) is 0.0839. The molecule has 0 atom stereocenters. The van der Waals surface area contributed by atoms with Gasteiger partial charge in [-0.2, -0.15) is 0 Å². The summed E-state index contributed by atoms with van der Waals surface area (Å²) in [4.78, 5) is 30.0. The summed E-state index contributed by atoms with van der Waals surface area (Å²) in [5, 5.41) is 6.01. The molecule has 2 amide bonds. The van der Waals surface area contributed by atoms with Crippen molar-refractivity contribution in [3.8, 4) is 40.2 Å². The molecule has 4 aromatic carbocycles. The van der Waals surface area contributed by atoms with Crippen molar-refractivity contribution in [3.05, 3.63) is 95.1 Å². The average Bonchev–Trinajstić information content (AvgIpc) is 3.27. The van der Waals surface area contributed by atoms with Crippen LogP contribution in [0, 0.1) is 7.14 Å². The van der Waals surface area contributed by atoms with Gasteiger partial charge < -0.3 is 43.8 Å². The van der Waals surface area contributed by atoms with Crippen LogP contribution in [0.2, 0.25) is 0 Å². The van der Waals surface area contributed by atoms with Crippen molar-refractivity contribution in [1.29, 1.82) is 0 Å². The minimum Gasteiger partial charge on any atom is -0.496 e. The minimum atomic E-state index is -0.147. The number of rotatable bonds is 17. The van der Waals surface area contributed by atoms with Gasteiger partial charge >= 0.3 is 0 Å². The number of ether oxygens (including phenoxy) is 7. The van der Waals surface area contributed by atoms with Crippen molar-refractivity contribution in [2.24, 2.45) is 0 Å². The topological polar surface area (TPSA) is 129 Å². The molecular formula is C45H56I2N4O9. The highest BCUT2D eigenvalue weighted by Gasteiger charge is 2.22. The Balaban J connectivity index is 0.000000230. The molecule has 0 radical (unpaired) electrons. The Morgan fingerprint density at radius 1 is 0.517 bits per heavy atom. The first-order chi connectivity index (χ1) is 29.0. The van der Waals surface area contributed by atoms with Gasteiger partial charge in [0, 0.05) is 53.0 Å². The number of benzene rings is 4. The van der Waals surface area contributed by atoms with Gasteiger partial charge in [-0.15, -0.1) is 0 Å². The molecule has 2 heterocycles. The van der Waals surface area contributed by atoms with Crippen LogP contribution in [0.1, 0.15) is 55.8 Å². The van der Waals surface area contributed by atoms with E-state index in [1.165, 1.54) is 22.3 Å². The van der Waals surface area contributed by atoms with Gasteiger partial charge in [-0.1, -0.05) is 0 Å². The predicted molar refractivity (Wildman–Crippen MR) is 249 cm³/mol. The third-order valence-corrected chi connectivity index (χ3v) is 11.9. The van der Waals surface area contributed by atoms with E-state index < -0.39 is 0 Å². The van der Waals surface area contributed by atoms with Crippen molar-refractivity contribution in [1.82, 2.24) is 20.4 Å². The number of carbonyl (C=O) groups is 2. The van der Waals surface area contributed by atoms with E-state index in [4.69, 9.17) is 33.2 Å². The molecule has 0 saturated carbocycles. The molecular weight excluding hydrogens is 994 g/mol. The second-order valence-corrected chi connectivity index (χ2v) is 16.7. The van der Waals surface area contributed by atoms with Crippen molar-refractivity contribution in [2.75, 3.05) is 89.0 Å². The van der Waals surface area contributed by atoms with E-state index in [9.17, 15) is 9.59 Å². The maximum absolute atomic E-state index is 12.7. The van der Waals surface area contributed by atoms with Crippen molar-refractivity contribution >= 4 is 57.0 Å². The van der Waals surface area contributed by atoms with Crippen LogP contribution >= 0.6 is 45.2 Å². The molecule has 2 N–H and O–H groups in total. The lowest BCUT2D eigenvalue weighted by Gasteiger charge is -2.29. The second-order valence-electron chi connectivity index (χ2n) is 14.3. The predicted octanol–water partition coefficient (Wildman–Crippen LogP) is 7.00. The lowest BCUT2D eigenvalue weighted by atomic mass is 9.98. The molecule has 60 heavy (non-hydrogen) atoms. The lowest BCUT2D eigenvalue weighted by Crippen LogP contribution is -2.38. The molecule has 0 bridgehead atoms. The molecule has 13 nitrogen and oxygen atoms in total. The van der Waals surface area contributed by atoms with Crippen LogP contribution in [0.25, 0.3) is 0 Å². The Kier molecular flexibility index (Phi) is 18.1. The summed E-state index contributed by atoms with van der Waals surface area (Å²) in [6.07, 6.45) is 3.87. The van der Waals surface area contributed by atoms with Gasteiger partial charge in [0.2, 0.25) is 0 Å². The van der Waals surface area contributed by atoms with Gasteiger partial charge in [0.05, 0.1) is 60.9 Å². The molecule has 0 fully saturated rings. The molecule has 15 heteroatoms. The van der Waals surface area contributed by atoms with Crippen LogP contribution in [-0.2, 0) is 25.9 Å². The van der Waals surface area contributed by atoms with Crippen LogP contribution < -0.4 is 43.8 Å². The molecule has 0 spiro atoms.